The number of benzene rings is 1. The van der Waals surface area contributed by atoms with Crippen LogP contribution in [0.25, 0.3) is 0 Å². The van der Waals surface area contributed by atoms with E-state index in [9.17, 15) is 9.18 Å². The number of nitrogens with zero attached hydrogens (tertiary/aromatic N) is 1. The maximum atomic E-state index is 13.3. The van der Waals surface area contributed by atoms with Crippen LogP contribution in [0.4, 0.5) is 4.39 Å². The second-order valence-corrected chi connectivity index (χ2v) is 4.93. The lowest BCUT2D eigenvalue weighted by atomic mass is 10.1. The molecule has 106 valence electrons. The first-order valence-electron chi connectivity index (χ1n) is 6.96. The first kappa shape index (κ1) is 14.5. The van der Waals surface area contributed by atoms with Gasteiger partial charge in [-0.25, -0.2) is 4.39 Å². The number of halogens is 1. The van der Waals surface area contributed by atoms with Crippen LogP contribution in [0, 0.1) is 17.7 Å². The van der Waals surface area contributed by atoms with Crippen molar-refractivity contribution in [3.63, 3.8) is 0 Å². The van der Waals surface area contributed by atoms with Gasteiger partial charge >= 0.3 is 0 Å². The number of likely N-dealkylation sites (tertiary alicyclic amines) is 1. The monoisotopic (exact) mass is 274 g/mol. The van der Waals surface area contributed by atoms with Crippen molar-refractivity contribution in [2.45, 2.75) is 32.2 Å². The van der Waals surface area contributed by atoms with E-state index in [4.69, 9.17) is 5.73 Å². The van der Waals surface area contributed by atoms with Gasteiger partial charge in [0.1, 0.15) is 5.82 Å². The van der Waals surface area contributed by atoms with Crippen LogP contribution in [0.3, 0.4) is 0 Å². The van der Waals surface area contributed by atoms with Gasteiger partial charge in [-0.3, -0.25) is 4.79 Å². The maximum absolute atomic E-state index is 13.3. The van der Waals surface area contributed by atoms with E-state index in [2.05, 4.69) is 11.8 Å². The van der Waals surface area contributed by atoms with Crippen LogP contribution < -0.4 is 5.73 Å². The van der Waals surface area contributed by atoms with Crippen molar-refractivity contribution < 1.29 is 9.18 Å². The van der Waals surface area contributed by atoms with Gasteiger partial charge in [0.05, 0.1) is 6.54 Å². The lowest BCUT2D eigenvalue weighted by Crippen LogP contribution is -2.30. The van der Waals surface area contributed by atoms with Crippen LogP contribution in [-0.2, 0) is 11.3 Å². The fraction of sp³-hybridized carbons (Fsp3) is 0.438. The highest BCUT2D eigenvalue weighted by Gasteiger charge is 2.17. The summed E-state index contributed by atoms with van der Waals surface area (Å²) in [6.07, 6.45) is 3.67. The van der Waals surface area contributed by atoms with Crippen LogP contribution >= 0.6 is 0 Å². The Balaban J connectivity index is 2.21. The van der Waals surface area contributed by atoms with Gasteiger partial charge in [0.15, 0.2) is 0 Å². The quantitative estimate of drug-likeness (QED) is 0.839. The lowest BCUT2D eigenvalue weighted by Gasteiger charge is -2.21. The molecule has 1 aliphatic heterocycles. The van der Waals surface area contributed by atoms with Gasteiger partial charge < -0.3 is 10.6 Å². The molecule has 1 amide bonds. The third-order valence-electron chi connectivity index (χ3n) is 3.43. The lowest BCUT2D eigenvalue weighted by molar-refractivity contribution is -0.131. The van der Waals surface area contributed by atoms with E-state index in [1.54, 1.807) is 6.07 Å². The molecule has 1 heterocycles. The normalized spacial score (nSPS) is 15.5. The molecule has 0 atom stereocenters. The molecule has 1 saturated heterocycles. The smallest absolute Gasteiger partial charge is 0.222 e. The SMILES string of the molecule is NCC#Cc1cc(F)ccc1CN1CCCCCC1=O. The van der Waals surface area contributed by atoms with Crippen molar-refractivity contribution in [2.24, 2.45) is 5.73 Å². The Morgan fingerprint density at radius 2 is 2.15 bits per heavy atom. The fourth-order valence-corrected chi connectivity index (χ4v) is 2.36. The van der Waals surface area contributed by atoms with E-state index in [1.807, 2.05) is 4.90 Å². The summed E-state index contributed by atoms with van der Waals surface area (Å²) in [5.41, 5.74) is 6.86. The minimum Gasteiger partial charge on any atom is -0.338 e. The summed E-state index contributed by atoms with van der Waals surface area (Å²) in [5, 5.41) is 0. The number of carbonyl (C=O) groups is 1. The highest BCUT2D eigenvalue weighted by molar-refractivity contribution is 5.76. The first-order chi connectivity index (χ1) is 9.70. The molecule has 0 radical (unpaired) electrons. The second-order valence-electron chi connectivity index (χ2n) is 4.93. The predicted molar refractivity (Wildman–Crippen MR) is 76.2 cm³/mol. The third-order valence-corrected chi connectivity index (χ3v) is 3.43. The zero-order valence-corrected chi connectivity index (χ0v) is 11.5. The van der Waals surface area contributed by atoms with Crippen molar-refractivity contribution in [2.75, 3.05) is 13.1 Å². The number of nitrogens with two attached hydrogens (primary N) is 1. The number of hydrogen-bond donors (Lipinski definition) is 1. The van der Waals surface area contributed by atoms with Gasteiger partial charge in [0.2, 0.25) is 5.91 Å². The maximum Gasteiger partial charge on any atom is 0.222 e. The summed E-state index contributed by atoms with van der Waals surface area (Å²) in [5.74, 6) is 5.47. The Bertz CT molecular complexity index is 545. The Morgan fingerprint density at radius 1 is 1.30 bits per heavy atom. The first-order valence-corrected chi connectivity index (χ1v) is 6.96. The van der Waals surface area contributed by atoms with Gasteiger partial charge in [0.25, 0.3) is 0 Å². The summed E-state index contributed by atoms with van der Waals surface area (Å²) in [4.78, 5) is 13.8. The molecule has 1 aliphatic rings. The molecule has 0 spiro atoms. The summed E-state index contributed by atoms with van der Waals surface area (Å²) in [7, 11) is 0. The van der Waals surface area contributed by atoms with Gasteiger partial charge in [-0.05, 0) is 30.5 Å². The molecule has 1 fully saturated rings. The minimum atomic E-state index is -0.322. The predicted octanol–water partition coefficient (Wildman–Crippen LogP) is 2.04. The van der Waals surface area contributed by atoms with E-state index in [0.29, 0.717) is 18.5 Å². The average Bonchev–Trinajstić information content (AvgIpc) is 2.64. The molecule has 4 heteroatoms. The van der Waals surface area contributed by atoms with Crippen molar-refractivity contribution >= 4 is 5.91 Å². The van der Waals surface area contributed by atoms with Gasteiger partial charge in [0, 0.05) is 25.1 Å². The summed E-state index contributed by atoms with van der Waals surface area (Å²) < 4.78 is 13.3. The molecule has 2 rings (SSSR count). The highest BCUT2D eigenvalue weighted by atomic mass is 19.1. The molecule has 3 nitrogen and oxygen atoms in total. The molecular weight excluding hydrogens is 255 g/mol. The van der Waals surface area contributed by atoms with Crippen LogP contribution in [-0.4, -0.2) is 23.9 Å². The molecule has 2 N–H and O–H groups in total. The topological polar surface area (TPSA) is 46.3 Å². The number of rotatable bonds is 2. The highest BCUT2D eigenvalue weighted by Crippen LogP contribution is 2.17. The van der Waals surface area contributed by atoms with E-state index < -0.39 is 0 Å². The zero-order chi connectivity index (χ0) is 14.4. The average molecular weight is 274 g/mol. The fourth-order valence-electron chi connectivity index (χ4n) is 2.36. The minimum absolute atomic E-state index is 0.171. The van der Waals surface area contributed by atoms with Crippen molar-refractivity contribution in [3.05, 3.63) is 35.1 Å². The van der Waals surface area contributed by atoms with Gasteiger partial charge in [-0.15, -0.1) is 0 Å². The third kappa shape index (κ3) is 3.82. The Morgan fingerprint density at radius 3 is 2.95 bits per heavy atom. The number of carbonyl (C=O) groups excluding carboxylic acids is 1. The Labute approximate surface area is 119 Å². The van der Waals surface area contributed by atoms with Crippen LogP contribution in [0.15, 0.2) is 18.2 Å². The molecule has 20 heavy (non-hydrogen) atoms. The van der Waals surface area contributed by atoms with Crippen LogP contribution in [0.2, 0.25) is 0 Å². The Kier molecular flexibility index (Phi) is 5.14. The molecule has 0 unspecified atom stereocenters. The van der Waals surface area contributed by atoms with Crippen LogP contribution in [0.5, 0.6) is 0 Å². The Hall–Kier alpha value is -1.86. The summed E-state index contributed by atoms with van der Waals surface area (Å²) in [6, 6.07) is 4.51. The van der Waals surface area contributed by atoms with E-state index >= 15 is 0 Å². The van der Waals surface area contributed by atoms with E-state index in [-0.39, 0.29) is 18.3 Å². The molecule has 1 aromatic rings. The molecule has 0 aromatic heterocycles. The van der Waals surface area contributed by atoms with Gasteiger partial charge in [-0.1, -0.05) is 24.3 Å². The van der Waals surface area contributed by atoms with E-state index in [0.717, 1.165) is 31.4 Å². The number of amides is 1. The molecule has 0 aliphatic carbocycles. The van der Waals surface area contributed by atoms with Crippen molar-refractivity contribution in [3.8, 4) is 11.8 Å². The van der Waals surface area contributed by atoms with Crippen LogP contribution in [0.1, 0.15) is 36.8 Å². The number of hydrogen-bond acceptors (Lipinski definition) is 2. The zero-order valence-electron chi connectivity index (χ0n) is 11.5. The molecule has 0 saturated carbocycles. The molecule has 0 bridgehead atoms. The second kappa shape index (κ2) is 7.06. The standard InChI is InChI=1S/C16H19FN2O/c17-15-8-7-14(13(11-15)5-4-9-18)12-19-10-3-1-2-6-16(19)20/h7-8,11H,1-3,6,9-10,12,18H2. The van der Waals surface area contributed by atoms with Crippen molar-refractivity contribution in [1.82, 2.24) is 4.90 Å². The summed E-state index contributed by atoms with van der Waals surface area (Å²) in [6.45, 7) is 1.49. The largest absolute Gasteiger partial charge is 0.338 e. The van der Waals surface area contributed by atoms with Crippen molar-refractivity contribution in [1.29, 1.82) is 0 Å². The van der Waals surface area contributed by atoms with Gasteiger partial charge in [-0.2, -0.15) is 0 Å². The molecule has 1 aromatic carbocycles. The summed E-state index contributed by atoms with van der Waals surface area (Å²) >= 11 is 0. The van der Waals surface area contributed by atoms with E-state index in [1.165, 1.54) is 12.1 Å². The molecular formula is C16H19FN2O.